The Balaban J connectivity index is 2.44. The lowest BCUT2D eigenvalue weighted by Crippen LogP contribution is -2.05. The van der Waals surface area contributed by atoms with Gasteiger partial charge in [0.05, 0.1) is 20.7 Å². The number of aromatic carboxylic acids is 1. The molecule has 2 rings (SSSR count). The van der Waals surface area contributed by atoms with Gasteiger partial charge in [0.25, 0.3) is 0 Å². The van der Waals surface area contributed by atoms with Crippen LogP contribution in [0.2, 0.25) is 5.02 Å². The lowest BCUT2D eigenvalue weighted by atomic mass is 10.1. The quantitative estimate of drug-likeness (QED) is 0.712. The van der Waals surface area contributed by atoms with Crippen LogP contribution in [0.3, 0.4) is 0 Å². The summed E-state index contributed by atoms with van der Waals surface area (Å²) >= 11 is 9.40. The number of benzene rings is 2. The first-order valence-electron chi connectivity index (χ1n) is 5.74. The first-order valence-corrected chi connectivity index (χ1v) is 6.91. The minimum absolute atomic E-state index is 0.0747. The van der Waals surface area contributed by atoms with Crippen molar-refractivity contribution in [1.82, 2.24) is 0 Å². The van der Waals surface area contributed by atoms with Crippen LogP contribution in [0.5, 0.6) is 0 Å². The molecule has 0 fully saturated rings. The Morgan fingerprint density at radius 3 is 2.75 bits per heavy atom. The summed E-state index contributed by atoms with van der Waals surface area (Å²) in [4.78, 5) is 11.2. The zero-order valence-corrected chi connectivity index (χ0v) is 12.9. The van der Waals surface area contributed by atoms with Gasteiger partial charge in [0.1, 0.15) is 0 Å². The Kier molecular flexibility index (Phi) is 4.20. The van der Waals surface area contributed by atoms with Crippen LogP contribution in [-0.2, 0) is 0 Å². The number of nitrogen functional groups attached to an aromatic ring is 1. The van der Waals surface area contributed by atoms with Crippen LogP contribution in [-0.4, -0.2) is 11.1 Å². The molecule has 0 aliphatic heterocycles. The molecule has 104 valence electrons. The van der Waals surface area contributed by atoms with Crippen molar-refractivity contribution in [2.45, 2.75) is 6.92 Å². The van der Waals surface area contributed by atoms with E-state index in [1.165, 1.54) is 6.07 Å². The maximum absolute atomic E-state index is 11.2. The van der Waals surface area contributed by atoms with E-state index in [1.54, 1.807) is 25.1 Å². The Labute approximate surface area is 129 Å². The predicted molar refractivity (Wildman–Crippen MR) is 85.0 cm³/mol. The number of hydrogen-bond acceptors (Lipinski definition) is 3. The second-order valence-electron chi connectivity index (χ2n) is 4.29. The molecule has 4 N–H and O–H groups in total. The topological polar surface area (TPSA) is 75.3 Å². The molecule has 0 aliphatic rings. The fraction of sp³-hybridized carbons (Fsp3) is 0.0714. The zero-order valence-electron chi connectivity index (χ0n) is 10.6. The van der Waals surface area contributed by atoms with Crippen LogP contribution in [0, 0.1) is 6.92 Å². The summed E-state index contributed by atoms with van der Waals surface area (Å²) in [6.45, 7) is 1.76. The molecule has 0 radical (unpaired) electrons. The average Bonchev–Trinajstić information content (AvgIpc) is 2.38. The molecule has 2 aromatic carbocycles. The van der Waals surface area contributed by atoms with Crippen LogP contribution in [0.25, 0.3) is 0 Å². The highest BCUT2D eigenvalue weighted by Gasteiger charge is 2.12. The maximum atomic E-state index is 11.2. The van der Waals surface area contributed by atoms with Gasteiger partial charge < -0.3 is 16.2 Å². The highest BCUT2D eigenvalue weighted by atomic mass is 79.9. The van der Waals surface area contributed by atoms with E-state index < -0.39 is 5.97 Å². The third-order valence-corrected chi connectivity index (χ3v) is 4.25. The van der Waals surface area contributed by atoms with Gasteiger partial charge in [-0.1, -0.05) is 17.7 Å². The summed E-state index contributed by atoms with van der Waals surface area (Å²) in [6.07, 6.45) is 0. The van der Waals surface area contributed by atoms with Crippen LogP contribution in [0.15, 0.2) is 34.8 Å². The van der Waals surface area contributed by atoms with Crippen molar-refractivity contribution in [3.63, 3.8) is 0 Å². The monoisotopic (exact) mass is 354 g/mol. The number of nitrogens with one attached hydrogen (secondary N) is 1. The molecule has 0 spiro atoms. The van der Waals surface area contributed by atoms with Crippen molar-refractivity contribution in [3.05, 3.63) is 51.0 Å². The average molecular weight is 356 g/mol. The van der Waals surface area contributed by atoms with Gasteiger partial charge in [0.15, 0.2) is 0 Å². The summed E-state index contributed by atoms with van der Waals surface area (Å²) in [5.74, 6) is -1.06. The first kappa shape index (κ1) is 14.7. The molecule has 0 atom stereocenters. The minimum atomic E-state index is -1.06. The van der Waals surface area contributed by atoms with E-state index in [-0.39, 0.29) is 11.3 Å². The lowest BCUT2D eigenvalue weighted by Gasteiger charge is -2.13. The Hall–Kier alpha value is -1.72. The number of hydrogen-bond donors (Lipinski definition) is 3. The summed E-state index contributed by atoms with van der Waals surface area (Å²) in [6, 6.07) is 8.68. The van der Waals surface area contributed by atoms with Gasteiger partial charge in [-0.2, -0.15) is 0 Å². The van der Waals surface area contributed by atoms with Crippen LogP contribution in [0.4, 0.5) is 17.1 Å². The van der Waals surface area contributed by atoms with Gasteiger partial charge in [-0.15, -0.1) is 0 Å². The lowest BCUT2D eigenvalue weighted by molar-refractivity contribution is 0.0698. The molecule has 6 heteroatoms. The molecule has 20 heavy (non-hydrogen) atoms. The fourth-order valence-corrected chi connectivity index (χ4v) is 2.34. The molecule has 4 nitrogen and oxygen atoms in total. The summed E-state index contributed by atoms with van der Waals surface area (Å²) in [5, 5.41) is 12.8. The van der Waals surface area contributed by atoms with E-state index in [0.717, 1.165) is 5.69 Å². The number of aryl methyl sites for hydroxylation is 1. The summed E-state index contributed by atoms with van der Waals surface area (Å²) < 4.78 is 0.716. The van der Waals surface area contributed by atoms with Gasteiger partial charge >= 0.3 is 5.97 Å². The number of carbonyl (C=O) groups is 1. The van der Waals surface area contributed by atoms with Crippen molar-refractivity contribution in [1.29, 1.82) is 0 Å². The summed E-state index contributed by atoms with van der Waals surface area (Å²) in [7, 11) is 0. The maximum Gasteiger partial charge on any atom is 0.337 e. The van der Waals surface area contributed by atoms with Gasteiger partial charge in [-0.05, 0) is 52.7 Å². The molecule has 0 saturated heterocycles. The molecule has 0 aromatic heterocycles. The number of anilines is 3. The van der Waals surface area contributed by atoms with Crippen LogP contribution < -0.4 is 11.1 Å². The van der Waals surface area contributed by atoms with Crippen LogP contribution in [0.1, 0.15) is 15.9 Å². The van der Waals surface area contributed by atoms with Gasteiger partial charge in [0.2, 0.25) is 0 Å². The van der Waals surface area contributed by atoms with E-state index in [0.29, 0.717) is 20.7 Å². The molecule has 0 saturated carbocycles. The standard InChI is InChI=1S/C14H12BrClN2O2/c1-7-5-8(6-9(13(7)17)14(19)20)18-11-4-2-3-10(16)12(11)15/h2-6,18H,17H2,1H3,(H,19,20). The molecule has 0 heterocycles. The van der Waals surface area contributed by atoms with Gasteiger partial charge in [-0.3, -0.25) is 0 Å². The predicted octanol–water partition coefficient (Wildman–Crippen LogP) is 4.43. The first-order chi connectivity index (χ1) is 9.40. The van der Waals surface area contributed by atoms with Crippen molar-refractivity contribution in [2.75, 3.05) is 11.1 Å². The van der Waals surface area contributed by atoms with Crippen molar-refractivity contribution in [2.24, 2.45) is 0 Å². The Morgan fingerprint density at radius 1 is 1.40 bits per heavy atom. The summed E-state index contributed by atoms with van der Waals surface area (Å²) in [5.41, 5.74) is 8.19. The van der Waals surface area contributed by atoms with Gasteiger partial charge in [-0.25, -0.2) is 4.79 Å². The Morgan fingerprint density at radius 2 is 2.10 bits per heavy atom. The largest absolute Gasteiger partial charge is 0.478 e. The van der Waals surface area contributed by atoms with Crippen molar-refractivity contribution < 1.29 is 9.90 Å². The fourth-order valence-electron chi connectivity index (χ4n) is 1.80. The second-order valence-corrected chi connectivity index (χ2v) is 5.49. The normalized spacial score (nSPS) is 10.3. The number of carboxylic acid groups (broad SMARTS) is 1. The highest BCUT2D eigenvalue weighted by molar-refractivity contribution is 9.10. The van der Waals surface area contributed by atoms with Crippen LogP contribution >= 0.6 is 27.5 Å². The number of rotatable bonds is 3. The molecular formula is C14H12BrClN2O2. The third-order valence-electron chi connectivity index (χ3n) is 2.85. The van der Waals surface area contributed by atoms with Gasteiger partial charge in [0, 0.05) is 11.4 Å². The molecule has 0 unspecified atom stereocenters. The zero-order chi connectivity index (χ0) is 14.9. The Bertz CT molecular complexity index is 689. The smallest absolute Gasteiger partial charge is 0.337 e. The van der Waals surface area contributed by atoms with Crippen molar-refractivity contribution in [3.8, 4) is 0 Å². The number of carboxylic acids is 1. The molecule has 0 aliphatic carbocycles. The highest BCUT2D eigenvalue weighted by Crippen LogP contribution is 2.33. The third kappa shape index (κ3) is 2.89. The van der Waals surface area contributed by atoms with Crippen molar-refractivity contribution >= 4 is 50.6 Å². The molecular weight excluding hydrogens is 344 g/mol. The SMILES string of the molecule is Cc1cc(Nc2cccc(Cl)c2Br)cc(C(=O)O)c1N. The van der Waals surface area contributed by atoms with E-state index in [9.17, 15) is 4.79 Å². The minimum Gasteiger partial charge on any atom is -0.478 e. The molecule has 0 amide bonds. The molecule has 2 aromatic rings. The van der Waals surface area contributed by atoms with E-state index in [4.69, 9.17) is 22.4 Å². The second kappa shape index (κ2) is 5.73. The van der Waals surface area contributed by atoms with E-state index >= 15 is 0 Å². The number of halogens is 2. The van der Waals surface area contributed by atoms with E-state index in [2.05, 4.69) is 21.2 Å². The van der Waals surface area contributed by atoms with E-state index in [1.807, 2.05) is 6.07 Å². The molecule has 0 bridgehead atoms. The number of nitrogens with two attached hydrogens (primary N) is 1.